The molecule has 102 valence electrons. The van der Waals surface area contributed by atoms with E-state index in [1.54, 1.807) is 0 Å². The molecule has 5 nitrogen and oxygen atoms in total. The number of carbonyl (C=O) groups excluding carboxylic acids is 1. The summed E-state index contributed by atoms with van der Waals surface area (Å²) in [5, 5.41) is 11.9. The smallest absolute Gasteiger partial charge is 0.326 e. The largest absolute Gasteiger partial charge is 0.480 e. The lowest BCUT2D eigenvalue weighted by molar-refractivity contribution is -0.141. The molecule has 1 aromatic rings. The molecule has 5 heteroatoms. The van der Waals surface area contributed by atoms with Crippen molar-refractivity contribution in [1.29, 1.82) is 0 Å². The van der Waals surface area contributed by atoms with Crippen LogP contribution in [0.3, 0.4) is 0 Å². The van der Waals surface area contributed by atoms with E-state index >= 15 is 0 Å². The van der Waals surface area contributed by atoms with Gasteiger partial charge in [0.2, 0.25) is 0 Å². The van der Waals surface area contributed by atoms with Crippen LogP contribution in [-0.4, -0.2) is 34.6 Å². The number of rotatable bonds is 2. The van der Waals surface area contributed by atoms with Gasteiger partial charge < -0.3 is 15.3 Å². The standard InChI is InChI=1S/C14H18N2O3/c1-9-5-6-10(2)11(8-9)15-14(19)16-7-3-4-12(16)13(17)18/h5-6,8,12H,3-4,7H2,1-2H3,(H,15,19)(H,17,18)/t12-/m0/s1. The van der Waals surface area contributed by atoms with Crippen molar-refractivity contribution < 1.29 is 14.7 Å². The summed E-state index contributed by atoms with van der Waals surface area (Å²) < 4.78 is 0. The maximum absolute atomic E-state index is 12.1. The number of carboxylic acid groups (broad SMARTS) is 1. The number of likely N-dealkylation sites (tertiary alicyclic amines) is 1. The first-order valence-electron chi connectivity index (χ1n) is 6.36. The fourth-order valence-electron chi connectivity index (χ4n) is 2.32. The van der Waals surface area contributed by atoms with Gasteiger partial charge in [-0.15, -0.1) is 0 Å². The highest BCUT2D eigenvalue weighted by Crippen LogP contribution is 2.21. The molecule has 0 bridgehead atoms. The monoisotopic (exact) mass is 262 g/mol. The number of hydrogen-bond acceptors (Lipinski definition) is 2. The van der Waals surface area contributed by atoms with Gasteiger partial charge in [-0.05, 0) is 43.9 Å². The Balaban J connectivity index is 2.12. The van der Waals surface area contributed by atoms with Gasteiger partial charge in [0.05, 0.1) is 0 Å². The quantitative estimate of drug-likeness (QED) is 0.859. The molecule has 1 saturated heterocycles. The summed E-state index contributed by atoms with van der Waals surface area (Å²) in [5.74, 6) is -0.936. The molecule has 0 radical (unpaired) electrons. The Bertz CT molecular complexity index is 513. The third-order valence-corrected chi connectivity index (χ3v) is 3.43. The molecule has 0 spiro atoms. The van der Waals surface area contributed by atoms with Crippen LogP contribution in [-0.2, 0) is 4.79 Å². The molecule has 1 aliphatic rings. The molecule has 0 aromatic heterocycles. The highest BCUT2D eigenvalue weighted by molar-refractivity contribution is 5.93. The van der Waals surface area contributed by atoms with Gasteiger partial charge >= 0.3 is 12.0 Å². The number of carboxylic acids is 1. The van der Waals surface area contributed by atoms with Crippen LogP contribution in [0.1, 0.15) is 24.0 Å². The summed E-state index contributed by atoms with van der Waals surface area (Å²) in [6.45, 7) is 4.35. The predicted octanol–water partition coefficient (Wildman–Crippen LogP) is 2.38. The summed E-state index contributed by atoms with van der Waals surface area (Å²) in [4.78, 5) is 24.6. The summed E-state index contributed by atoms with van der Waals surface area (Å²) in [6.07, 6.45) is 1.26. The molecule has 0 aliphatic carbocycles. The number of nitrogens with one attached hydrogen (secondary N) is 1. The first-order chi connectivity index (χ1) is 8.99. The first-order valence-corrected chi connectivity index (χ1v) is 6.36. The zero-order chi connectivity index (χ0) is 14.0. The highest BCUT2D eigenvalue weighted by atomic mass is 16.4. The van der Waals surface area contributed by atoms with Crippen LogP contribution in [0.4, 0.5) is 10.5 Å². The van der Waals surface area contributed by atoms with Crippen molar-refractivity contribution in [2.75, 3.05) is 11.9 Å². The Labute approximate surface area is 112 Å². The molecule has 19 heavy (non-hydrogen) atoms. The number of carbonyl (C=O) groups is 2. The Morgan fingerprint density at radius 2 is 2.11 bits per heavy atom. The van der Waals surface area contributed by atoms with E-state index in [-0.39, 0.29) is 6.03 Å². The second-order valence-corrected chi connectivity index (χ2v) is 4.94. The van der Waals surface area contributed by atoms with Crippen LogP contribution in [0.2, 0.25) is 0 Å². The fraction of sp³-hybridized carbons (Fsp3) is 0.429. The van der Waals surface area contributed by atoms with Crippen LogP contribution in [0.25, 0.3) is 0 Å². The van der Waals surface area contributed by atoms with Crippen LogP contribution in [0.15, 0.2) is 18.2 Å². The molecule has 1 heterocycles. The third-order valence-electron chi connectivity index (χ3n) is 3.43. The minimum absolute atomic E-state index is 0.335. The molecule has 1 fully saturated rings. The maximum Gasteiger partial charge on any atom is 0.326 e. The summed E-state index contributed by atoms with van der Waals surface area (Å²) in [6, 6.07) is 4.76. The van der Waals surface area contributed by atoms with E-state index in [0.29, 0.717) is 13.0 Å². The predicted molar refractivity (Wildman–Crippen MR) is 72.3 cm³/mol. The van der Waals surface area contributed by atoms with E-state index in [2.05, 4.69) is 5.32 Å². The second-order valence-electron chi connectivity index (χ2n) is 4.94. The molecule has 0 saturated carbocycles. The molecule has 2 N–H and O–H groups in total. The van der Waals surface area contributed by atoms with Crippen LogP contribution >= 0.6 is 0 Å². The van der Waals surface area contributed by atoms with Crippen molar-refractivity contribution in [3.63, 3.8) is 0 Å². The maximum atomic E-state index is 12.1. The Kier molecular flexibility index (Phi) is 3.74. The molecule has 1 atom stereocenters. The number of aryl methyl sites for hydroxylation is 2. The normalized spacial score (nSPS) is 18.4. The van der Waals surface area contributed by atoms with Crippen molar-refractivity contribution in [2.45, 2.75) is 32.7 Å². The minimum Gasteiger partial charge on any atom is -0.480 e. The average Bonchev–Trinajstić information content (AvgIpc) is 2.83. The number of anilines is 1. The van der Waals surface area contributed by atoms with Gasteiger partial charge in [-0.1, -0.05) is 12.1 Å². The number of benzene rings is 1. The average molecular weight is 262 g/mol. The number of urea groups is 1. The van der Waals surface area contributed by atoms with E-state index in [1.165, 1.54) is 4.90 Å². The topological polar surface area (TPSA) is 69.6 Å². The van der Waals surface area contributed by atoms with Crippen molar-refractivity contribution in [3.05, 3.63) is 29.3 Å². The fourth-order valence-corrected chi connectivity index (χ4v) is 2.32. The SMILES string of the molecule is Cc1ccc(C)c(NC(=O)N2CCC[C@H]2C(=O)O)c1. The van der Waals surface area contributed by atoms with Gasteiger partial charge in [0.25, 0.3) is 0 Å². The van der Waals surface area contributed by atoms with Gasteiger partial charge in [0.1, 0.15) is 6.04 Å². The zero-order valence-electron chi connectivity index (χ0n) is 11.1. The van der Waals surface area contributed by atoms with Crippen molar-refractivity contribution in [2.24, 2.45) is 0 Å². The summed E-state index contributed by atoms with van der Waals surface area (Å²) in [5.41, 5.74) is 2.75. The van der Waals surface area contributed by atoms with Gasteiger partial charge in [0.15, 0.2) is 0 Å². The molecule has 2 rings (SSSR count). The van der Waals surface area contributed by atoms with Crippen LogP contribution < -0.4 is 5.32 Å². The number of nitrogens with zero attached hydrogens (tertiary/aromatic N) is 1. The number of aliphatic carboxylic acids is 1. The van der Waals surface area contributed by atoms with Crippen molar-refractivity contribution in [1.82, 2.24) is 4.90 Å². The van der Waals surface area contributed by atoms with E-state index < -0.39 is 12.0 Å². The second kappa shape index (κ2) is 5.30. The van der Waals surface area contributed by atoms with Crippen molar-refractivity contribution >= 4 is 17.7 Å². The molecular weight excluding hydrogens is 244 g/mol. The molecule has 1 aromatic carbocycles. The van der Waals surface area contributed by atoms with Gasteiger partial charge in [-0.3, -0.25) is 0 Å². The molecule has 2 amide bonds. The van der Waals surface area contributed by atoms with E-state index in [0.717, 1.165) is 23.2 Å². The lowest BCUT2D eigenvalue weighted by Crippen LogP contribution is -2.42. The van der Waals surface area contributed by atoms with Gasteiger partial charge in [0, 0.05) is 12.2 Å². The van der Waals surface area contributed by atoms with Crippen LogP contribution in [0.5, 0.6) is 0 Å². The van der Waals surface area contributed by atoms with E-state index in [1.807, 2.05) is 32.0 Å². The Morgan fingerprint density at radius 1 is 1.37 bits per heavy atom. The molecule has 1 aliphatic heterocycles. The lowest BCUT2D eigenvalue weighted by atomic mass is 10.1. The highest BCUT2D eigenvalue weighted by Gasteiger charge is 2.34. The first kappa shape index (κ1) is 13.4. The summed E-state index contributed by atoms with van der Waals surface area (Å²) >= 11 is 0. The van der Waals surface area contributed by atoms with E-state index in [4.69, 9.17) is 5.11 Å². The third kappa shape index (κ3) is 2.86. The number of amides is 2. The minimum atomic E-state index is -0.936. The number of hydrogen-bond donors (Lipinski definition) is 2. The van der Waals surface area contributed by atoms with Crippen LogP contribution in [0, 0.1) is 13.8 Å². The van der Waals surface area contributed by atoms with Gasteiger partial charge in [-0.25, -0.2) is 9.59 Å². The lowest BCUT2D eigenvalue weighted by Gasteiger charge is -2.22. The van der Waals surface area contributed by atoms with Crippen molar-refractivity contribution in [3.8, 4) is 0 Å². The Morgan fingerprint density at radius 3 is 2.79 bits per heavy atom. The zero-order valence-corrected chi connectivity index (χ0v) is 11.1. The summed E-state index contributed by atoms with van der Waals surface area (Å²) in [7, 11) is 0. The Hall–Kier alpha value is -2.04. The molecule has 0 unspecified atom stereocenters. The van der Waals surface area contributed by atoms with Gasteiger partial charge in [-0.2, -0.15) is 0 Å². The molecular formula is C14H18N2O3. The van der Waals surface area contributed by atoms with E-state index in [9.17, 15) is 9.59 Å².